The Balaban J connectivity index is 1.16. The van der Waals surface area contributed by atoms with Gasteiger partial charge in [0.25, 0.3) is 0 Å². The number of imidazole rings is 1. The summed E-state index contributed by atoms with van der Waals surface area (Å²) in [4.78, 5) is 186. The van der Waals surface area contributed by atoms with Gasteiger partial charge in [0, 0.05) is 44.8 Å². The van der Waals surface area contributed by atoms with E-state index in [2.05, 4.69) is 57.8 Å². The van der Waals surface area contributed by atoms with Crippen molar-refractivity contribution in [1.82, 2.24) is 62.7 Å². The summed E-state index contributed by atoms with van der Waals surface area (Å²) in [5.74, 6) is -15.3. The molecule has 12 atom stereocenters. The Bertz CT molecular complexity index is 3960. The fraction of sp³-hybridized carbons (Fsp3) is 0.444. The second-order valence-corrected chi connectivity index (χ2v) is 26.1. The standard InChI is InChI=1S/C72H93FN14O20/c1-7-42-31-47(106-6)22-23-48(42)43-20-18-41(19-21-43)30-53(63(98)79-51(61(75)96)26-29-107-46-15-9-8-10-16-46)80-64(99)54(33-58(94)95)81-65(100)55(37-88)82-66(101)59(39(2)89)85-69(104)71(4,34-44-14-11-12-17-49(44)73)86-67(102)60(40(3)90)84-56(91)36-77-62(97)52(24-25-57(92)93)83-70(105)72(5)27-13-28-87(72)68(103)50(74)32-45-35-76-38-78-45/h8-12,14-23,31,35,38-40,50-55,59-60,88-90H,7,13,24-30,32-34,36-37,74H2,1-6H3,(H2,75,96)(H,76,78)(H,77,97)(H,79,98)(H,80,99)(H,81,100)(H,82,101)(H,83,105)(H,84,91)(H,85,104)(H,86,102)(H,92,93)(H,94,95)/t39-,40-,50+,51+,52+,53+,54+,55+,59+,60+,71+,72+/m1/s1. The van der Waals surface area contributed by atoms with Crippen LogP contribution in [0.2, 0.25) is 0 Å². The molecule has 0 bridgehead atoms. The number of aromatic nitrogens is 2. The molecule has 19 N–H and O–H groups in total. The summed E-state index contributed by atoms with van der Waals surface area (Å²) in [6, 6.07) is 11.8. The molecule has 0 spiro atoms. The normalized spacial score (nSPS) is 16.6. The van der Waals surface area contributed by atoms with Crippen molar-refractivity contribution in [2.24, 2.45) is 11.5 Å². The highest BCUT2D eigenvalue weighted by atomic mass is 19.1. The Morgan fingerprint density at radius 2 is 1.33 bits per heavy atom. The maximum Gasteiger partial charge on any atom is 0.305 e. The number of amides is 11. The molecule has 107 heavy (non-hydrogen) atoms. The van der Waals surface area contributed by atoms with Crippen LogP contribution in [0.25, 0.3) is 11.1 Å². The summed E-state index contributed by atoms with van der Waals surface area (Å²) in [7, 11) is 1.54. The average Bonchev–Trinajstić information content (AvgIpc) is 1.77. The van der Waals surface area contributed by atoms with Crippen molar-refractivity contribution in [1.29, 1.82) is 0 Å². The first-order chi connectivity index (χ1) is 50.7. The fourth-order valence-electron chi connectivity index (χ4n) is 11.8. The number of ether oxygens (including phenoxy) is 2. The van der Waals surface area contributed by atoms with E-state index in [1.54, 1.807) is 74.0 Å². The number of carboxylic acids is 2. The largest absolute Gasteiger partial charge is 0.497 e. The molecule has 6 rings (SSSR count). The first-order valence-electron chi connectivity index (χ1n) is 34.4. The number of halogens is 1. The first-order valence-corrected chi connectivity index (χ1v) is 34.4. The average molecular weight is 1490 g/mol. The number of likely N-dealkylation sites (tertiary alicyclic amines) is 1. The number of nitrogens with zero attached hydrogens (tertiary/aromatic N) is 2. The Kier molecular flexibility index (Phi) is 31.3. The second kappa shape index (κ2) is 39.6. The van der Waals surface area contributed by atoms with Gasteiger partial charge < -0.3 is 104 Å². The molecule has 1 aliphatic rings. The van der Waals surface area contributed by atoms with Crippen LogP contribution >= 0.6 is 0 Å². The number of nitrogens with one attached hydrogen (secondary N) is 10. The summed E-state index contributed by atoms with van der Waals surface area (Å²) in [6.07, 6.45) is -3.13. The maximum atomic E-state index is 15.5. The molecule has 1 fully saturated rings. The number of hydrogen-bond donors (Lipinski definition) is 17. The molecular weight excluding hydrogens is 1400 g/mol. The number of hydrogen-bond acceptors (Lipinski definition) is 20. The van der Waals surface area contributed by atoms with E-state index in [4.69, 9.17) is 20.9 Å². The number of carboxylic acid groups (broad SMARTS) is 2. The Morgan fingerprint density at radius 1 is 0.701 bits per heavy atom. The van der Waals surface area contributed by atoms with E-state index in [0.717, 1.165) is 43.5 Å². The van der Waals surface area contributed by atoms with Crippen LogP contribution in [0.1, 0.15) is 95.5 Å². The molecule has 2 heterocycles. The quantitative estimate of drug-likeness (QED) is 0.0200. The SMILES string of the molecule is CCc1cc(OC)ccc1-c1ccc(C[C@H](NC(=O)[C@H](CC(=O)O)NC(=O)[C@H](CO)NC(=O)[C@@H](NC(=O)[C@](C)(Cc2ccccc2F)NC(=O)[C@@H](NC(=O)CNC(=O)[C@H](CCC(=O)O)NC(=O)[C@]2(C)CCCN2C(=O)[C@@H](N)Cc2c[nH]cn2)[C@@H](C)O)[C@@H](C)O)C(=O)N[C@@H](CCOc2ccccc2)C(N)=O)cc1. The van der Waals surface area contributed by atoms with Crippen molar-refractivity contribution < 1.29 is 102 Å². The summed E-state index contributed by atoms with van der Waals surface area (Å²) in [5, 5.41) is 72.8. The number of aliphatic hydroxyl groups is 3. The van der Waals surface area contributed by atoms with Gasteiger partial charge in [-0.05, 0) is 112 Å². The summed E-state index contributed by atoms with van der Waals surface area (Å²) in [5.41, 5.74) is 11.3. The van der Waals surface area contributed by atoms with E-state index < -0.39 is 193 Å². The van der Waals surface area contributed by atoms with Gasteiger partial charge in [0.15, 0.2) is 0 Å². The zero-order valence-corrected chi connectivity index (χ0v) is 59.9. The zero-order chi connectivity index (χ0) is 78.9. The molecule has 1 aliphatic heterocycles. The smallest absolute Gasteiger partial charge is 0.305 e. The molecule has 4 aromatic carbocycles. The lowest BCUT2D eigenvalue weighted by Gasteiger charge is -2.36. The van der Waals surface area contributed by atoms with E-state index in [9.17, 15) is 87.9 Å². The van der Waals surface area contributed by atoms with Gasteiger partial charge in [-0.15, -0.1) is 0 Å². The molecule has 5 aromatic rings. The van der Waals surface area contributed by atoms with Gasteiger partial charge in [-0.1, -0.05) is 73.7 Å². The van der Waals surface area contributed by atoms with E-state index in [1.807, 2.05) is 19.1 Å². The highest BCUT2D eigenvalue weighted by Gasteiger charge is 2.48. The van der Waals surface area contributed by atoms with Crippen molar-refractivity contribution in [3.05, 3.63) is 138 Å². The Labute approximate surface area is 614 Å². The molecule has 0 saturated carbocycles. The zero-order valence-electron chi connectivity index (χ0n) is 59.9. The number of nitrogens with two attached hydrogens (primary N) is 2. The number of aliphatic hydroxyl groups excluding tert-OH is 3. The van der Waals surface area contributed by atoms with Gasteiger partial charge in [-0.25, -0.2) is 9.37 Å². The highest BCUT2D eigenvalue weighted by molar-refractivity contribution is 6.01. The number of primary amides is 1. The van der Waals surface area contributed by atoms with Crippen LogP contribution in [0.4, 0.5) is 4.39 Å². The van der Waals surface area contributed by atoms with Crippen LogP contribution < -0.4 is 68.8 Å². The van der Waals surface area contributed by atoms with Crippen molar-refractivity contribution in [2.45, 2.75) is 170 Å². The van der Waals surface area contributed by atoms with Crippen molar-refractivity contribution in [3.63, 3.8) is 0 Å². The first kappa shape index (κ1) is 84.5. The van der Waals surface area contributed by atoms with Crippen LogP contribution in [0.15, 0.2) is 110 Å². The third-order valence-corrected chi connectivity index (χ3v) is 17.9. The van der Waals surface area contributed by atoms with Gasteiger partial charge in [0.1, 0.15) is 70.7 Å². The molecule has 1 aromatic heterocycles. The molecule has 0 aliphatic carbocycles. The maximum absolute atomic E-state index is 15.5. The number of aliphatic carboxylic acids is 2. The monoisotopic (exact) mass is 1490 g/mol. The van der Waals surface area contributed by atoms with Gasteiger partial charge in [-0.3, -0.25) is 62.3 Å². The van der Waals surface area contributed by atoms with Crippen LogP contribution in [0.5, 0.6) is 11.5 Å². The molecule has 578 valence electrons. The number of benzene rings is 4. The van der Waals surface area contributed by atoms with Crippen LogP contribution in [0, 0.1) is 5.82 Å². The van der Waals surface area contributed by atoms with Crippen molar-refractivity contribution in [3.8, 4) is 22.6 Å². The van der Waals surface area contributed by atoms with E-state index in [0.29, 0.717) is 35.6 Å². The van der Waals surface area contributed by atoms with E-state index in [1.165, 1.54) is 36.4 Å². The molecule has 35 heteroatoms. The summed E-state index contributed by atoms with van der Waals surface area (Å²) >= 11 is 0. The number of carbonyl (C=O) groups excluding carboxylic acids is 11. The topological polar surface area (TPSA) is 534 Å². The second-order valence-electron chi connectivity index (χ2n) is 26.1. The lowest BCUT2D eigenvalue weighted by molar-refractivity contribution is -0.146. The molecule has 0 unspecified atom stereocenters. The van der Waals surface area contributed by atoms with E-state index >= 15 is 4.39 Å². The highest BCUT2D eigenvalue weighted by Crippen LogP contribution is 2.32. The summed E-state index contributed by atoms with van der Waals surface area (Å²) < 4.78 is 26.6. The third-order valence-electron chi connectivity index (χ3n) is 17.9. The van der Waals surface area contributed by atoms with Crippen LogP contribution in [-0.4, -0.2) is 222 Å². The number of aryl methyl sites for hydroxylation is 1. The minimum atomic E-state index is -2.42. The number of para-hydroxylation sites is 1. The number of methoxy groups -OCH3 is 1. The minimum absolute atomic E-state index is 0.0291. The van der Waals surface area contributed by atoms with Crippen LogP contribution in [0.3, 0.4) is 0 Å². The lowest BCUT2D eigenvalue weighted by atomic mass is 9.90. The molecule has 11 amide bonds. The predicted octanol–water partition coefficient (Wildman–Crippen LogP) is -2.04. The van der Waals surface area contributed by atoms with Crippen molar-refractivity contribution >= 4 is 76.9 Å². The van der Waals surface area contributed by atoms with Crippen LogP contribution in [-0.2, 0) is 88.0 Å². The fourth-order valence-corrected chi connectivity index (χ4v) is 11.8. The molecular formula is C72H93FN14O20. The molecule has 34 nitrogen and oxygen atoms in total. The minimum Gasteiger partial charge on any atom is -0.497 e. The predicted molar refractivity (Wildman–Crippen MR) is 380 cm³/mol. The van der Waals surface area contributed by atoms with Gasteiger partial charge in [-0.2, -0.15) is 0 Å². The molecule has 0 radical (unpaired) electrons. The van der Waals surface area contributed by atoms with Gasteiger partial charge >= 0.3 is 11.9 Å². The number of carbonyl (C=O) groups is 13. The number of rotatable bonds is 41. The van der Waals surface area contributed by atoms with Crippen molar-refractivity contribution in [2.75, 3.05) is 33.4 Å². The van der Waals surface area contributed by atoms with Gasteiger partial charge in [0.05, 0.1) is 63.6 Å². The lowest BCUT2D eigenvalue weighted by Crippen LogP contribution is -2.67. The Morgan fingerprint density at radius 3 is 1.93 bits per heavy atom. The summed E-state index contributed by atoms with van der Waals surface area (Å²) in [6.45, 7) is 4.25. The van der Waals surface area contributed by atoms with Gasteiger partial charge in [0.2, 0.25) is 65.0 Å². The van der Waals surface area contributed by atoms with E-state index in [-0.39, 0.29) is 44.4 Å². The number of aromatic amines is 1. The third kappa shape index (κ3) is 24.3. The number of H-pyrrole nitrogens is 1. The Hall–Kier alpha value is -11.4. The molecule has 1 saturated heterocycles.